The summed E-state index contributed by atoms with van der Waals surface area (Å²) in [4.78, 5) is 18.7. The molecule has 0 radical (unpaired) electrons. The first kappa shape index (κ1) is 21.9. The lowest BCUT2D eigenvalue weighted by Crippen LogP contribution is -2.20. The van der Waals surface area contributed by atoms with Crippen molar-refractivity contribution in [2.75, 3.05) is 6.26 Å². The smallest absolute Gasteiger partial charge is 0.260 e. The number of benzene rings is 3. The molecular formula is C25H22N2O3S2. The molecule has 0 saturated heterocycles. The Kier molecular flexibility index (Phi) is 6.21. The molecule has 0 saturated carbocycles. The van der Waals surface area contributed by atoms with E-state index < -0.39 is 15.8 Å². The highest BCUT2D eigenvalue weighted by Gasteiger charge is 2.23. The zero-order chi connectivity index (χ0) is 22.7. The van der Waals surface area contributed by atoms with E-state index in [0.717, 1.165) is 21.3 Å². The zero-order valence-corrected chi connectivity index (χ0v) is 19.1. The molecule has 0 aliphatic carbocycles. The van der Waals surface area contributed by atoms with E-state index >= 15 is 0 Å². The predicted octanol–water partition coefficient (Wildman–Crippen LogP) is 4.55. The van der Waals surface area contributed by atoms with Crippen LogP contribution in [0.5, 0.6) is 0 Å². The molecule has 1 heterocycles. The number of hydrogen-bond acceptors (Lipinski definition) is 4. The Morgan fingerprint density at radius 1 is 1.03 bits per heavy atom. The molecule has 1 aromatic heterocycles. The minimum Gasteiger partial charge on any atom is -0.313 e. The van der Waals surface area contributed by atoms with Gasteiger partial charge in [-0.05, 0) is 29.3 Å². The van der Waals surface area contributed by atoms with E-state index in [1.807, 2.05) is 65.2 Å². The van der Waals surface area contributed by atoms with Crippen molar-refractivity contribution in [3.8, 4) is 0 Å². The fraction of sp³-hybridized carbons (Fsp3) is 0.120. The molecule has 1 amide bonds. The molecule has 0 unspecified atom stereocenters. The minimum atomic E-state index is -3.34. The van der Waals surface area contributed by atoms with Crippen LogP contribution in [0.3, 0.4) is 0 Å². The molecule has 162 valence electrons. The lowest BCUT2D eigenvalue weighted by molar-refractivity contribution is -0.118. The van der Waals surface area contributed by atoms with Gasteiger partial charge in [0.15, 0.2) is 14.6 Å². The van der Waals surface area contributed by atoms with E-state index in [9.17, 15) is 13.2 Å². The second kappa shape index (κ2) is 9.06. The predicted molar refractivity (Wildman–Crippen MR) is 128 cm³/mol. The van der Waals surface area contributed by atoms with Gasteiger partial charge in [0, 0.05) is 12.8 Å². The molecule has 0 N–H and O–H groups in total. The molecule has 4 aromatic rings. The van der Waals surface area contributed by atoms with Gasteiger partial charge in [0.25, 0.3) is 5.91 Å². The fourth-order valence-electron chi connectivity index (χ4n) is 3.60. The first-order chi connectivity index (χ1) is 15.4. The number of nitrogens with zero attached hydrogens (tertiary/aromatic N) is 2. The van der Waals surface area contributed by atoms with Gasteiger partial charge in [-0.2, -0.15) is 4.99 Å². The van der Waals surface area contributed by atoms with Gasteiger partial charge in [-0.1, -0.05) is 78.1 Å². The van der Waals surface area contributed by atoms with E-state index in [1.165, 1.54) is 17.6 Å². The first-order valence-electron chi connectivity index (χ1n) is 10.0. The molecule has 0 aliphatic rings. The van der Waals surface area contributed by atoms with E-state index in [1.54, 1.807) is 24.3 Å². The molecule has 4 rings (SSSR count). The van der Waals surface area contributed by atoms with Crippen LogP contribution in [0.2, 0.25) is 0 Å². The summed E-state index contributed by atoms with van der Waals surface area (Å²) in [6.45, 7) is 4.26. The van der Waals surface area contributed by atoms with Crippen LogP contribution in [-0.4, -0.2) is 25.1 Å². The van der Waals surface area contributed by atoms with Crippen molar-refractivity contribution in [1.82, 2.24) is 4.57 Å². The number of fused-ring (bicyclic) bond motifs is 1. The summed E-state index contributed by atoms with van der Waals surface area (Å²) in [5.41, 5.74) is 2.54. The van der Waals surface area contributed by atoms with Crippen molar-refractivity contribution in [3.63, 3.8) is 0 Å². The first-order valence-corrected chi connectivity index (χ1v) is 12.7. The molecule has 5 nitrogen and oxygen atoms in total. The molecule has 3 aromatic carbocycles. The van der Waals surface area contributed by atoms with Gasteiger partial charge in [-0.25, -0.2) is 8.42 Å². The summed E-state index contributed by atoms with van der Waals surface area (Å²) in [5.74, 6) is -0.818. The van der Waals surface area contributed by atoms with Crippen LogP contribution >= 0.6 is 11.3 Å². The maximum absolute atomic E-state index is 13.5. The Morgan fingerprint density at radius 2 is 1.62 bits per heavy atom. The Bertz CT molecular complexity index is 1410. The van der Waals surface area contributed by atoms with E-state index in [2.05, 4.69) is 11.6 Å². The van der Waals surface area contributed by atoms with E-state index in [4.69, 9.17) is 0 Å². The van der Waals surface area contributed by atoms with Gasteiger partial charge < -0.3 is 4.57 Å². The summed E-state index contributed by atoms with van der Waals surface area (Å²) in [7, 11) is -3.34. The highest BCUT2D eigenvalue weighted by Crippen LogP contribution is 2.27. The van der Waals surface area contributed by atoms with Crippen molar-refractivity contribution in [3.05, 3.63) is 107 Å². The van der Waals surface area contributed by atoms with Gasteiger partial charge in [0.05, 0.1) is 21.0 Å². The van der Waals surface area contributed by atoms with Crippen LogP contribution in [0.4, 0.5) is 0 Å². The number of thiazole rings is 1. The molecule has 0 spiro atoms. The summed E-state index contributed by atoms with van der Waals surface area (Å²) in [6.07, 6.45) is 2.91. The normalized spacial score (nSPS) is 12.4. The van der Waals surface area contributed by atoms with Crippen LogP contribution in [-0.2, 0) is 21.2 Å². The number of allylic oxidation sites excluding steroid dienone is 1. The van der Waals surface area contributed by atoms with Crippen molar-refractivity contribution < 1.29 is 13.2 Å². The zero-order valence-electron chi connectivity index (χ0n) is 17.5. The van der Waals surface area contributed by atoms with Gasteiger partial charge in [-0.15, -0.1) is 6.58 Å². The Morgan fingerprint density at radius 3 is 2.16 bits per heavy atom. The number of amides is 1. The van der Waals surface area contributed by atoms with Crippen LogP contribution in [0.1, 0.15) is 17.0 Å². The summed E-state index contributed by atoms with van der Waals surface area (Å²) >= 11 is 1.29. The minimum absolute atomic E-state index is 0.237. The average molecular weight is 463 g/mol. The maximum Gasteiger partial charge on any atom is 0.260 e. The molecule has 0 atom stereocenters. The van der Waals surface area contributed by atoms with Gasteiger partial charge in [-0.3, -0.25) is 4.79 Å². The summed E-state index contributed by atoms with van der Waals surface area (Å²) < 4.78 is 26.6. The Balaban J connectivity index is 1.88. The standard InChI is InChI=1S/C25H22N2O3S2/c1-3-16-27-21-15-14-20(32(2,29)30)17-22(21)31-25(27)26-24(28)23(18-10-6-4-7-11-18)19-12-8-5-9-13-19/h3-15,17,23H,1,16H2,2H3. The number of carbonyl (C=O) groups excluding carboxylic acids is 1. The largest absolute Gasteiger partial charge is 0.313 e. The van der Waals surface area contributed by atoms with Crippen LogP contribution in [0.25, 0.3) is 10.2 Å². The third-order valence-electron chi connectivity index (χ3n) is 5.11. The second-order valence-electron chi connectivity index (χ2n) is 7.39. The van der Waals surface area contributed by atoms with Gasteiger partial charge in [0.1, 0.15) is 0 Å². The SMILES string of the molecule is C=CCn1c(=NC(=O)C(c2ccccc2)c2ccccc2)sc2cc(S(C)(=O)=O)ccc21. The third-order valence-corrected chi connectivity index (χ3v) is 7.26. The topological polar surface area (TPSA) is 68.5 Å². The van der Waals surface area contributed by atoms with E-state index in [0.29, 0.717) is 11.3 Å². The molecule has 0 bridgehead atoms. The molecule has 0 aliphatic heterocycles. The lowest BCUT2D eigenvalue weighted by Gasteiger charge is -2.14. The van der Waals surface area contributed by atoms with Crippen LogP contribution < -0.4 is 4.80 Å². The third kappa shape index (κ3) is 4.49. The van der Waals surface area contributed by atoms with Crippen molar-refractivity contribution in [1.29, 1.82) is 0 Å². The number of rotatable bonds is 6. The maximum atomic E-state index is 13.5. The number of carbonyl (C=O) groups is 1. The molecular weight excluding hydrogens is 440 g/mol. The Labute approximate surface area is 190 Å². The number of aromatic nitrogens is 1. The highest BCUT2D eigenvalue weighted by atomic mass is 32.2. The lowest BCUT2D eigenvalue weighted by atomic mass is 9.91. The summed E-state index contributed by atoms with van der Waals surface area (Å²) in [6, 6.07) is 24.1. The molecule has 7 heteroatoms. The molecule has 32 heavy (non-hydrogen) atoms. The van der Waals surface area contributed by atoms with Gasteiger partial charge in [0.2, 0.25) is 0 Å². The van der Waals surface area contributed by atoms with Gasteiger partial charge >= 0.3 is 0 Å². The van der Waals surface area contributed by atoms with Crippen LogP contribution in [0.15, 0.2) is 101 Å². The monoisotopic (exact) mass is 462 g/mol. The molecule has 0 fully saturated rings. The van der Waals surface area contributed by atoms with Crippen molar-refractivity contribution >= 4 is 37.3 Å². The number of sulfone groups is 1. The summed E-state index contributed by atoms with van der Waals surface area (Å²) in [5, 5.41) is 0. The van der Waals surface area contributed by atoms with E-state index in [-0.39, 0.29) is 10.8 Å². The fourth-order valence-corrected chi connectivity index (χ4v) is 5.41. The highest BCUT2D eigenvalue weighted by molar-refractivity contribution is 7.90. The Hall–Kier alpha value is -3.29. The average Bonchev–Trinajstić information content (AvgIpc) is 3.11. The van der Waals surface area contributed by atoms with Crippen molar-refractivity contribution in [2.24, 2.45) is 4.99 Å². The van der Waals surface area contributed by atoms with Crippen LogP contribution in [0, 0.1) is 0 Å². The quantitative estimate of drug-likeness (QED) is 0.395. The second-order valence-corrected chi connectivity index (χ2v) is 10.4. The van der Waals surface area contributed by atoms with Crippen molar-refractivity contribution in [2.45, 2.75) is 17.4 Å². The number of hydrogen-bond donors (Lipinski definition) is 0.